The molecule has 0 aliphatic heterocycles. The summed E-state index contributed by atoms with van der Waals surface area (Å²) in [6.45, 7) is 5.45. The molecule has 0 aliphatic rings. The maximum Gasteiger partial charge on any atom is 0.340 e. The van der Waals surface area contributed by atoms with E-state index >= 15 is 0 Å². The number of nitrogens with one attached hydrogen (secondary N) is 1. The van der Waals surface area contributed by atoms with E-state index in [2.05, 4.69) is 15.4 Å². The van der Waals surface area contributed by atoms with E-state index in [0.29, 0.717) is 16.5 Å². The van der Waals surface area contributed by atoms with Crippen LogP contribution in [0.1, 0.15) is 34.2 Å². The van der Waals surface area contributed by atoms with Crippen LogP contribution in [0.4, 0.5) is 5.82 Å². The Balaban J connectivity index is 1.73. The van der Waals surface area contributed by atoms with Gasteiger partial charge >= 0.3 is 5.97 Å². The second-order valence-electron chi connectivity index (χ2n) is 6.56. The van der Waals surface area contributed by atoms with Gasteiger partial charge in [0.05, 0.1) is 40.6 Å². The van der Waals surface area contributed by atoms with Crippen LogP contribution in [0.15, 0.2) is 47.5 Å². The van der Waals surface area contributed by atoms with Gasteiger partial charge in [-0.15, -0.1) is 0 Å². The number of carbonyl (C=O) groups is 2. The number of benzene rings is 1. The minimum Gasteiger partial charge on any atom is -0.462 e. The van der Waals surface area contributed by atoms with Gasteiger partial charge in [-0.1, -0.05) is 30.0 Å². The molecule has 0 atom stereocenters. The number of aryl methyl sites for hydroxylation is 2. The second-order valence-corrected chi connectivity index (χ2v) is 7.53. The Morgan fingerprint density at radius 3 is 2.65 bits per heavy atom. The Bertz CT molecular complexity index is 1150. The zero-order valence-corrected chi connectivity index (χ0v) is 18.2. The van der Waals surface area contributed by atoms with E-state index in [9.17, 15) is 14.9 Å². The van der Waals surface area contributed by atoms with Crippen molar-refractivity contribution in [1.29, 1.82) is 5.26 Å². The number of nitriles is 1. The lowest BCUT2D eigenvalue weighted by Crippen LogP contribution is -2.17. The summed E-state index contributed by atoms with van der Waals surface area (Å²) in [6.07, 6.45) is 0. The molecule has 0 spiro atoms. The summed E-state index contributed by atoms with van der Waals surface area (Å²) in [5, 5.41) is 17.1. The monoisotopic (exact) mass is 435 g/mol. The van der Waals surface area contributed by atoms with Crippen molar-refractivity contribution >= 4 is 29.5 Å². The van der Waals surface area contributed by atoms with Gasteiger partial charge in [-0.3, -0.25) is 4.79 Å². The number of hydrogen-bond donors (Lipinski definition) is 1. The lowest BCUT2D eigenvalue weighted by atomic mass is 10.1. The lowest BCUT2D eigenvalue weighted by molar-refractivity contribution is -0.113. The standard InChI is InChI=1S/C22H21N5O3S/c1-4-30-22(29)18-11-16(12-23)21(24-15(18)3)31-13-20(28)25-19-10-14(2)26-27(19)17-8-6-5-7-9-17/h5-11H,4,13H2,1-3H3,(H,25,28). The first-order chi connectivity index (χ1) is 14.9. The van der Waals surface area contributed by atoms with Gasteiger partial charge in [-0.2, -0.15) is 10.4 Å². The summed E-state index contributed by atoms with van der Waals surface area (Å²) >= 11 is 1.13. The molecule has 158 valence electrons. The third-order valence-corrected chi connectivity index (χ3v) is 5.22. The molecule has 8 nitrogen and oxygen atoms in total. The van der Waals surface area contributed by atoms with Crippen LogP contribution in [0.25, 0.3) is 5.69 Å². The Kier molecular flexibility index (Phi) is 7.05. The van der Waals surface area contributed by atoms with Gasteiger partial charge in [-0.25, -0.2) is 14.5 Å². The van der Waals surface area contributed by atoms with E-state index in [-0.39, 0.29) is 29.4 Å². The predicted octanol–water partition coefficient (Wildman–Crippen LogP) is 3.66. The molecule has 0 radical (unpaired) electrons. The fourth-order valence-corrected chi connectivity index (χ4v) is 3.66. The quantitative estimate of drug-likeness (QED) is 0.445. The number of amides is 1. The number of hydrogen-bond acceptors (Lipinski definition) is 7. The van der Waals surface area contributed by atoms with E-state index in [4.69, 9.17) is 4.74 Å². The largest absolute Gasteiger partial charge is 0.462 e. The summed E-state index contributed by atoms with van der Waals surface area (Å²) in [5.74, 6) is -0.196. The van der Waals surface area contributed by atoms with E-state index < -0.39 is 5.97 Å². The highest BCUT2D eigenvalue weighted by Gasteiger charge is 2.18. The molecule has 3 aromatic rings. The highest BCUT2D eigenvalue weighted by molar-refractivity contribution is 8.00. The Morgan fingerprint density at radius 2 is 1.97 bits per heavy atom. The molecule has 0 bridgehead atoms. The molecule has 0 aliphatic carbocycles. The van der Waals surface area contributed by atoms with Crippen LogP contribution < -0.4 is 5.32 Å². The Hall–Kier alpha value is -3.64. The fourth-order valence-electron chi connectivity index (χ4n) is 2.86. The first-order valence-corrected chi connectivity index (χ1v) is 10.5. The number of anilines is 1. The van der Waals surface area contributed by atoms with Crippen LogP contribution in [0, 0.1) is 25.2 Å². The predicted molar refractivity (Wildman–Crippen MR) is 117 cm³/mol. The number of thioether (sulfide) groups is 1. The van der Waals surface area contributed by atoms with Crippen LogP contribution in [-0.4, -0.2) is 39.0 Å². The smallest absolute Gasteiger partial charge is 0.340 e. The first-order valence-electron chi connectivity index (χ1n) is 9.56. The van der Waals surface area contributed by atoms with Crippen molar-refractivity contribution in [2.45, 2.75) is 25.8 Å². The maximum absolute atomic E-state index is 12.6. The van der Waals surface area contributed by atoms with Gasteiger partial charge in [0.1, 0.15) is 16.9 Å². The normalized spacial score (nSPS) is 10.4. The van der Waals surface area contributed by atoms with Gasteiger partial charge < -0.3 is 10.1 Å². The molecular weight excluding hydrogens is 414 g/mol. The fraction of sp³-hybridized carbons (Fsp3) is 0.227. The van der Waals surface area contributed by atoms with Crippen LogP contribution in [0.3, 0.4) is 0 Å². The summed E-state index contributed by atoms with van der Waals surface area (Å²) in [6, 6.07) is 14.8. The summed E-state index contributed by atoms with van der Waals surface area (Å²) < 4.78 is 6.66. The molecule has 0 saturated carbocycles. The molecule has 0 unspecified atom stereocenters. The molecule has 2 aromatic heterocycles. The number of carbonyl (C=O) groups excluding carboxylic acids is 2. The van der Waals surface area contributed by atoms with Crippen molar-refractivity contribution in [3.05, 3.63) is 65.0 Å². The number of pyridine rings is 1. The summed E-state index contributed by atoms with van der Waals surface area (Å²) in [7, 11) is 0. The van der Waals surface area contributed by atoms with Gasteiger partial charge in [0.25, 0.3) is 0 Å². The van der Waals surface area contributed by atoms with Crippen molar-refractivity contribution in [3.63, 3.8) is 0 Å². The number of para-hydroxylation sites is 1. The molecular formula is C22H21N5O3S. The van der Waals surface area contributed by atoms with Crippen molar-refractivity contribution in [1.82, 2.24) is 14.8 Å². The first kappa shape index (κ1) is 22.1. The van der Waals surface area contributed by atoms with Crippen molar-refractivity contribution in [2.75, 3.05) is 17.7 Å². The molecule has 1 aromatic carbocycles. The van der Waals surface area contributed by atoms with Crippen molar-refractivity contribution < 1.29 is 14.3 Å². The van der Waals surface area contributed by atoms with Crippen molar-refractivity contribution in [3.8, 4) is 11.8 Å². The second kappa shape index (κ2) is 9.91. The molecule has 1 amide bonds. The van der Waals surface area contributed by atoms with E-state index in [0.717, 1.165) is 23.1 Å². The zero-order valence-electron chi connectivity index (χ0n) is 17.4. The van der Waals surface area contributed by atoms with Gasteiger partial charge in [0, 0.05) is 6.07 Å². The number of nitrogens with zero attached hydrogens (tertiary/aromatic N) is 4. The minimum absolute atomic E-state index is 0.0406. The minimum atomic E-state index is -0.525. The average molecular weight is 436 g/mol. The Morgan fingerprint density at radius 1 is 1.23 bits per heavy atom. The molecule has 0 saturated heterocycles. The molecule has 3 rings (SSSR count). The van der Waals surface area contributed by atoms with Gasteiger partial charge in [-0.05, 0) is 39.0 Å². The summed E-state index contributed by atoms with van der Waals surface area (Å²) in [4.78, 5) is 28.9. The highest BCUT2D eigenvalue weighted by Crippen LogP contribution is 2.24. The van der Waals surface area contributed by atoms with E-state index in [1.807, 2.05) is 43.3 Å². The summed E-state index contributed by atoms with van der Waals surface area (Å²) in [5.41, 5.74) is 2.51. The molecule has 9 heteroatoms. The third kappa shape index (κ3) is 5.29. The van der Waals surface area contributed by atoms with Crippen LogP contribution >= 0.6 is 11.8 Å². The molecule has 1 N–H and O–H groups in total. The number of rotatable bonds is 7. The Labute approximate surface area is 184 Å². The van der Waals surface area contributed by atoms with Crippen LogP contribution in [0.2, 0.25) is 0 Å². The number of esters is 1. The number of aromatic nitrogens is 3. The van der Waals surface area contributed by atoms with Crippen LogP contribution in [-0.2, 0) is 9.53 Å². The average Bonchev–Trinajstić information content (AvgIpc) is 3.12. The van der Waals surface area contributed by atoms with Gasteiger partial charge in [0.2, 0.25) is 5.91 Å². The van der Waals surface area contributed by atoms with Crippen molar-refractivity contribution in [2.24, 2.45) is 0 Å². The van der Waals surface area contributed by atoms with Gasteiger partial charge in [0.15, 0.2) is 0 Å². The maximum atomic E-state index is 12.6. The number of ether oxygens (including phenoxy) is 1. The van der Waals surface area contributed by atoms with E-state index in [1.54, 1.807) is 24.6 Å². The topological polar surface area (TPSA) is 110 Å². The third-order valence-electron chi connectivity index (χ3n) is 4.23. The van der Waals surface area contributed by atoms with Crippen LogP contribution in [0.5, 0.6) is 0 Å². The van der Waals surface area contributed by atoms with E-state index in [1.165, 1.54) is 6.07 Å². The zero-order chi connectivity index (χ0) is 22.4. The lowest BCUT2D eigenvalue weighted by Gasteiger charge is -2.10. The highest BCUT2D eigenvalue weighted by atomic mass is 32.2. The molecule has 31 heavy (non-hydrogen) atoms. The molecule has 2 heterocycles. The molecule has 0 fully saturated rings. The SMILES string of the molecule is CCOC(=O)c1cc(C#N)c(SCC(=O)Nc2cc(C)nn2-c2ccccc2)nc1C.